The van der Waals surface area contributed by atoms with Crippen molar-refractivity contribution in [3.05, 3.63) is 46.5 Å². The largest absolute Gasteiger partial charge is 0.376 e. The number of rotatable bonds is 7. The molecular weight excluding hydrogens is 266 g/mol. The number of hydrogen-bond acceptors (Lipinski definition) is 2. The molecule has 16 heavy (non-hydrogen) atoms. The van der Waals surface area contributed by atoms with Crippen LogP contribution in [0.25, 0.3) is 0 Å². The molecule has 88 valence electrons. The molecule has 0 radical (unpaired) electrons. The molecule has 0 aliphatic rings. The van der Waals surface area contributed by atoms with E-state index >= 15 is 0 Å². The first-order valence-electron chi connectivity index (χ1n) is 5.36. The number of ether oxygens (including phenoxy) is 1. The normalized spacial score (nSPS) is 10.4. The van der Waals surface area contributed by atoms with Gasteiger partial charge >= 0.3 is 0 Å². The molecule has 1 aromatic carbocycles. The summed E-state index contributed by atoms with van der Waals surface area (Å²) in [4.78, 5) is 0. The summed E-state index contributed by atoms with van der Waals surface area (Å²) in [6.07, 6.45) is 0. The second kappa shape index (κ2) is 7.60. The minimum atomic E-state index is 0.651. The maximum atomic E-state index is 5.39. The zero-order valence-corrected chi connectivity index (χ0v) is 11.2. The van der Waals surface area contributed by atoms with Gasteiger partial charge in [0.1, 0.15) is 0 Å². The summed E-state index contributed by atoms with van der Waals surface area (Å²) in [6.45, 7) is 8.85. The second-order valence-corrected chi connectivity index (χ2v) is 4.73. The molecule has 0 saturated carbocycles. The molecule has 0 heterocycles. The minimum absolute atomic E-state index is 0.651. The molecule has 0 aliphatic heterocycles. The van der Waals surface area contributed by atoms with E-state index in [1.807, 2.05) is 19.1 Å². The Morgan fingerprint density at radius 1 is 1.50 bits per heavy atom. The Kier molecular flexibility index (Phi) is 6.38. The third-order valence-corrected chi connectivity index (χ3v) is 2.48. The quantitative estimate of drug-likeness (QED) is 0.613. The van der Waals surface area contributed by atoms with Crippen molar-refractivity contribution < 1.29 is 4.74 Å². The minimum Gasteiger partial charge on any atom is -0.376 e. The molecule has 0 amide bonds. The molecule has 0 bridgehead atoms. The van der Waals surface area contributed by atoms with Crippen molar-refractivity contribution in [1.29, 1.82) is 0 Å². The Balaban J connectivity index is 2.09. The van der Waals surface area contributed by atoms with Crippen molar-refractivity contribution in [3.8, 4) is 0 Å². The summed E-state index contributed by atoms with van der Waals surface area (Å²) in [6, 6.07) is 8.28. The van der Waals surface area contributed by atoms with E-state index in [-0.39, 0.29) is 0 Å². The Morgan fingerprint density at radius 2 is 2.31 bits per heavy atom. The number of benzene rings is 1. The smallest absolute Gasteiger partial charge is 0.0672 e. The lowest BCUT2D eigenvalue weighted by atomic mass is 10.2. The zero-order chi connectivity index (χ0) is 11.8. The first kappa shape index (κ1) is 13.4. The van der Waals surface area contributed by atoms with Crippen LogP contribution in [0.4, 0.5) is 0 Å². The highest BCUT2D eigenvalue weighted by Crippen LogP contribution is 2.11. The molecule has 0 unspecified atom stereocenters. The van der Waals surface area contributed by atoms with Gasteiger partial charge in [0.05, 0.1) is 13.2 Å². The van der Waals surface area contributed by atoms with E-state index in [1.165, 1.54) is 5.56 Å². The first-order valence-corrected chi connectivity index (χ1v) is 6.15. The van der Waals surface area contributed by atoms with E-state index in [1.54, 1.807) is 0 Å². The van der Waals surface area contributed by atoms with Crippen LogP contribution in [0.5, 0.6) is 0 Å². The van der Waals surface area contributed by atoms with Gasteiger partial charge < -0.3 is 10.1 Å². The van der Waals surface area contributed by atoms with Gasteiger partial charge in [0, 0.05) is 17.6 Å². The van der Waals surface area contributed by atoms with Crippen molar-refractivity contribution in [2.24, 2.45) is 0 Å². The summed E-state index contributed by atoms with van der Waals surface area (Å²) in [5.74, 6) is 0. The molecule has 0 aromatic heterocycles. The highest BCUT2D eigenvalue weighted by atomic mass is 79.9. The Morgan fingerprint density at radius 3 is 3.00 bits per heavy atom. The van der Waals surface area contributed by atoms with Gasteiger partial charge in [-0.1, -0.05) is 40.2 Å². The molecule has 0 aliphatic carbocycles. The lowest BCUT2D eigenvalue weighted by Crippen LogP contribution is -2.19. The van der Waals surface area contributed by atoms with Crippen LogP contribution in [0, 0.1) is 0 Å². The van der Waals surface area contributed by atoms with E-state index in [0.717, 1.165) is 29.7 Å². The van der Waals surface area contributed by atoms with Crippen LogP contribution in [0.15, 0.2) is 40.9 Å². The van der Waals surface area contributed by atoms with Crippen molar-refractivity contribution in [1.82, 2.24) is 5.32 Å². The van der Waals surface area contributed by atoms with Crippen LogP contribution in [-0.4, -0.2) is 19.8 Å². The van der Waals surface area contributed by atoms with Gasteiger partial charge in [-0.3, -0.25) is 0 Å². The van der Waals surface area contributed by atoms with Gasteiger partial charge in [0.25, 0.3) is 0 Å². The topological polar surface area (TPSA) is 21.3 Å². The van der Waals surface area contributed by atoms with Gasteiger partial charge in [-0.05, 0) is 24.6 Å². The third kappa shape index (κ3) is 6.05. The van der Waals surface area contributed by atoms with Crippen LogP contribution in [0.2, 0.25) is 0 Å². The third-order valence-electron chi connectivity index (χ3n) is 1.99. The van der Waals surface area contributed by atoms with Crippen LogP contribution in [0.3, 0.4) is 0 Å². The molecule has 0 saturated heterocycles. The molecule has 3 heteroatoms. The summed E-state index contributed by atoms with van der Waals surface area (Å²) < 4.78 is 6.50. The SMILES string of the molecule is C=C(C)COCCNCc1cccc(Br)c1. The zero-order valence-electron chi connectivity index (χ0n) is 9.63. The van der Waals surface area contributed by atoms with E-state index < -0.39 is 0 Å². The molecule has 2 nitrogen and oxygen atoms in total. The fourth-order valence-electron chi connectivity index (χ4n) is 1.27. The molecule has 1 aromatic rings. The maximum Gasteiger partial charge on any atom is 0.0672 e. The highest BCUT2D eigenvalue weighted by molar-refractivity contribution is 9.10. The van der Waals surface area contributed by atoms with Crippen molar-refractivity contribution in [2.75, 3.05) is 19.8 Å². The second-order valence-electron chi connectivity index (χ2n) is 3.82. The maximum absolute atomic E-state index is 5.39. The van der Waals surface area contributed by atoms with Crippen LogP contribution in [0.1, 0.15) is 12.5 Å². The number of hydrogen-bond donors (Lipinski definition) is 1. The lowest BCUT2D eigenvalue weighted by molar-refractivity contribution is 0.158. The summed E-state index contributed by atoms with van der Waals surface area (Å²) >= 11 is 3.45. The summed E-state index contributed by atoms with van der Waals surface area (Å²) in [5.41, 5.74) is 2.33. The van der Waals surface area contributed by atoms with Gasteiger partial charge in [0.15, 0.2) is 0 Å². The van der Waals surface area contributed by atoms with Gasteiger partial charge in [0.2, 0.25) is 0 Å². The Bertz CT molecular complexity index is 338. The van der Waals surface area contributed by atoms with Crippen molar-refractivity contribution in [3.63, 3.8) is 0 Å². The average Bonchev–Trinajstić information content (AvgIpc) is 2.23. The predicted molar refractivity (Wildman–Crippen MR) is 71.5 cm³/mol. The summed E-state index contributed by atoms with van der Waals surface area (Å²) in [7, 11) is 0. The fraction of sp³-hybridized carbons (Fsp3) is 0.385. The summed E-state index contributed by atoms with van der Waals surface area (Å²) in [5, 5.41) is 3.33. The van der Waals surface area contributed by atoms with E-state index in [0.29, 0.717) is 6.61 Å². The molecular formula is C13H18BrNO. The van der Waals surface area contributed by atoms with Crippen LogP contribution >= 0.6 is 15.9 Å². The van der Waals surface area contributed by atoms with Crippen molar-refractivity contribution >= 4 is 15.9 Å². The van der Waals surface area contributed by atoms with Crippen molar-refractivity contribution in [2.45, 2.75) is 13.5 Å². The Labute approximate surface area is 106 Å². The van der Waals surface area contributed by atoms with E-state index in [2.05, 4.69) is 40.0 Å². The average molecular weight is 284 g/mol. The van der Waals surface area contributed by atoms with Crippen LogP contribution < -0.4 is 5.32 Å². The first-order chi connectivity index (χ1) is 7.68. The van der Waals surface area contributed by atoms with E-state index in [4.69, 9.17) is 4.74 Å². The van der Waals surface area contributed by atoms with E-state index in [9.17, 15) is 0 Å². The number of halogens is 1. The molecule has 1 rings (SSSR count). The molecule has 0 spiro atoms. The number of nitrogens with one attached hydrogen (secondary N) is 1. The van der Waals surface area contributed by atoms with Gasteiger partial charge in [-0.15, -0.1) is 0 Å². The highest BCUT2D eigenvalue weighted by Gasteiger charge is 1.93. The predicted octanol–water partition coefficient (Wildman–Crippen LogP) is 3.13. The monoisotopic (exact) mass is 283 g/mol. The fourth-order valence-corrected chi connectivity index (χ4v) is 1.72. The van der Waals surface area contributed by atoms with Crippen LogP contribution in [-0.2, 0) is 11.3 Å². The van der Waals surface area contributed by atoms with Gasteiger partial charge in [-0.2, -0.15) is 0 Å². The standard InChI is InChI=1S/C13H18BrNO/c1-11(2)10-16-7-6-15-9-12-4-3-5-13(14)8-12/h3-5,8,15H,1,6-7,9-10H2,2H3. The molecule has 0 fully saturated rings. The molecule has 0 atom stereocenters. The molecule has 1 N–H and O–H groups in total. The lowest BCUT2D eigenvalue weighted by Gasteiger charge is -2.06. The van der Waals surface area contributed by atoms with Gasteiger partial charge in [-0.25, -0.2) is 0 Å². The Hall–Kier alpha value is -0.640.